The number of rotatable bonds is 3. The fourth-order valence-corrected chi connectivity index (χ4v) is 2.75. The van der Waals surface area contributed by atoms with E-state index in [1.807, 2.05) is 12.1 Å². The van der Waals surface area contributed by atoms with Crippen molar-refractivity contribution >= 4 is 11.7 Å². The van der Waals surface area contributed by atoms with Crippen LogP contribution in [0.25, 0.3) is 11.3 Å². The summed E-state index contributed by atoms with van der Waals surface area (Å²) in [6.45, 7) is 5.14. The van der Waals surface area contributed by atoms with E-state index in [2.05, 4.69) is 23.0 Å². The summed E-state index contributed by atoms with van der Waals surface area (Å²) >= 11 is 0. The number of morpholine rings is 1. The number of carboxylic acid groups (broad SMARTS) is 1. The number of ether oxygens (including phenoxy) is 1. The van der Waals surface area contributed by atoms with E-state index in [1.165, 1.54) is 5.56 Å². The van der Waals surface area contributed by atoms with Crippen molar-refractivity contribution in [3.05, 3.63) is 35.5 Å². The molecule has 2 aromatic rings. The van der Waals surface area contributed by atoms with Gasteiger partial charge in [0.15, 0.2) is 5.69 Å². The summed E-state index contributed by atoms with van der Waals surface area (Å²) in [6, 6.07) is 7.82. The van der Waals surface area contributed by atoms with Gasteiger partial charge in [-0.1, -0.05) is 12.1 Å². The first-order valence-electron chi connectivity index (χ1n) is 7.27. The van der Waals surface area contributed by atoms with Gasteiger partial charge in [0.25, 0.3) is 0 Å². The highest BCUT2D eigenvalue weighted by Gasteiger charge is 2.19. The van der Waals surface area contributed by atoms with Crippen LogP contribution in [0.1, 0.15) is 16.1 Å². The summed E-state index contributed by atoms with van der Waals surface area (Å²) in [6.07, 6.45) is 0. The van der Waals surface area contributed by atoms with Crippen LogP contribution < -0.4 is 4.90 Å². The second kappa shape index (κ2) is 5.81. The van der Waals surface area contributed by atoms with Gasteiger partial charge in [-0.3, -0.25) is 4.68 Å². The highest BCUT2D eigenvalue weighted by molar-refractivity contribution is 5.88. The molecule has 0 bridgehead atoms. The molecule has 0 saturated carbocycles. The summed E-state index contributed by atoms with van der Waals surface area (Å²) in [5.74, 6) is -1.01. The SMILES string of the molecule is Cc1ccc(-c2cc(C(=O)O)nn2C)c(N2CCOCC2)c1. The molecule has 0 radical (unpaired) electrons. The molecule has 1 saturated heterocycles. The Morgan fingerprint density at radius 3 is 2.64 bits per heavy atom. The van der Waals surface area contributed by atoms with Crippen LogP contribution in [-0.4, -0.2) is 47.2 Å². The molecule has 1 aromatic carbocycles. The lowest BCUT2D eigenvalue weighted by Crippen LogP contribution is -2.36. The summed E-state index contributed by atoms with van der Waals surface area (Å²) in [5.41, 5.74) is 4.13. The Hall–Kier alpha value is -2.34. The maximum atomic E-state index is 11.1. The highest BCUT2D eigenvalue weighted by Crippen LogP contribution is 2.32. The molecule has 3 rings (SSSR count). The first-order valence-corrected chi connectivity index (χ1v) is 7.27. The van der Waals surface area contributed by atoms with Crippen molar-refractivity contribution < 1.29 is 14.6 Å². The standard InChI is InChI=1S/C16H19N3O3/c1-11-3-4-12(14-10-13(16(20)21)17-18(14)2)15(9-11)19-5-7-22-8-6-19/h3-4,9-10H,5-8H2,1-2H3,(H,20,21). The van der Waals surface area contributed by atoms with E-state index >= 15 is 0 Å². The zero-order valence-electron chi connectivity index (χ0n) is 12.7. The number of anilines is 1. The minimum Gasteiger partial charge on any atom is -0.476 e. The van der Waals surface area contributed by atoms with Crippen LogP contribution in [0, 0.1) is 6.92 Å². The Morgan fingerprint density at radius 2 is 2.00 bits per heavy atom. The molecule has 22 heavy (non-hydrogen) atoms. The third-order valence-electron chi connectivity index (χ3n) is 3.88. The molecule has 2 heterocycles. The van der Waals surface area contributed by atoms with Crippen LogP contribution in [0.2, 0.25) is 0 Å². The van der Waals surface area contributed by atoms with Crippen molar-refractivity contribution in [3.8, 4) is 11.3 Å². The van der Waals surface area contributed by atoms with Crippen molar-refractivity contribution in [1.82, 2.24) is 9.78 Å². The molecule has 0 unspecified atom stereocenters. The predicted molar refractivity (Wildman–Crippen MR) is 83.4 cm³/mol. The molecule has 1 aliphatic rings. The van der Waals surface area contributed by atoms with E-state index in [9.17, 15) is 4.79 Å². The molecular formula is C16H19N3O3. The highest BCUT2D eigenvalue weighted by atomic mass is 16.5. The van der Waals surface area contributed by atoms with Crippen LogP contribution in [0.4, 0.5) is 5.69 Å². The van der Waals surface area contributed by atoms with Gasteiger partial charge >= 0.3 is 5.97 Å². The van der Waals surface area contributed by atoms with Gasteiger partial charge in [0.2, 0.25) is 0 Å². The third-order valence-corrected chi connectivity index (χ3v) is 3.88. The van der Waals surface area contributed by atoms with Crippen molar-refractivity contribution in [2.75, 3.05) is 31.2 Å². The zero-order valence-corrected chi connectivity index (χ0v) is 12.7. The molecule has 0 aliphatic carbocycles. The first-order chi connectivity index (χ1) is 10.6. The minimum absolute atomic E-state index is 0.0611. The zero-order chi connectivity index (χ0) is 15.7. The average molecular weight is 301 g/mol. The smallest absolute Gasteiger partial charge is 0.356 e. The third kappa shape index (κ3) is 2.69. The Labute approximate surface area is 128 Å². The van der Waals surface area contributed by atoms with Crippen molar-refractivity contribution in [3.63, 3.8) is 0 Å². The summed E-state index contributed by atoms with van der Waals surface area (Å²) < 4.78 is 7.04. The van der Waals surface area contributed by atoms with Gasteiger partial charge in [-0.2, -0.15) is 5.10 Å². The fourth-order valence-electron chi connectivity index (χ4n) is 2.75. The number of aromatic carboxylic acids is 1. The van der Waals surface area contributed by atoms with E-state index in [0.717, 1.165) is 30.0 Å². The number of nitrogens with zero attached hydrogens (tertiary/aromatic N) is 3. The fraction of sp³-hybridized carbons (Fsp3) is 0.375. The summed E-state index contributed by atoms with van der Waals surface area (Å²) in [5, 5.41) is 13.2. The van der Waals surface area contributed by atoms with E-state index < -0.39 is 5.97 Å². The quantitative estimate of drug-likeness (QED) is 0.938. The van der Waals surface area contributed by atoms with Crippen LogP contribution in [0.5, 0.6) is 0 Å². The molecule has 0 spiro atoms. The average Bonchev–Trinajstić information content (AvgIpc) is 2.90. The lowest BCUT2D eigenvalue weighted by molar-refractivity contribution is 0.0689. The van der Waals surface area contributed by atoms with Crippen LogP contribution in [0.15, 0.2) is 24.3 Å². The molecule has 6 heteroatoms. The lowest BCUT2D eigenvalue weighted by atomic mass is 10.0. The van der Waals surface area contributed by atoms with E-state index in [0.29, 0.717) is 13.2 Å². The number of hydrogen-bond acceptors (Lipinski definition) is 4. The topological polar surface area (TPSA) is 67.6 Å². The van der Waals surface area contributed by atoms with Crippen molar-refractivity contribution in [2.45, 2.75) is 6.92 Å². The van der Waals surface area contributed by atoms with Crippen molar-refractivity contribution in [1.29, 1.82) is 0 Å². The number of hydrogen-bond donors (Lipinski definition) is 1. The van der Waals surface area contributed by atoms with Crippen LogP contribution in [0.3, 0.4) is 0 Å². The molecule has 1 aliphatic heterocycles. The van der Waals surface area contributed by atoms with Crippen LogP contribution >= 0.6 is 0 Å². The molecule has 1 N–H and O–H groups in total. The van der Waals surface area contributed by atoms with Gasteiger partial charge in [-0.15, -0.1) is 0 Å². The summed E-state index contributed by atoms with van der Waals surface area (Å²) in [7, 11) is 1.77. The van der Waals surface area contributed by atoms with Gasteiger partial charge in [-0.25, -0.2) is 4.79 Å². The molecule has 116 valence electrons. The molecule has 6 nitrogen and oxygen atoms in total. The second-order valence-corrected chi connectivity index (χ2v) is 5.46. The summed E-state index contributed by atoms with van der Waals surface area (Å²) in [4.78, 5) is 13.4. The van der Waals surface area contributed by atoms with E-state index in [-0.39, 0.29) is 5.69 Å². The molecule has 0 amide bonds. The second-order valence-electron chi connectivity index (χ2n) is 5.46. The minimum atomic E-state index is -1.01. The number of aromatic nitrogens is 2. The monoisotopic (exact) mass is 301 g/mol. The lowest BCUT2D eigenvalue weighted by Gasteiger charge is -2.31. The maximum Gasteiger partial charge on any atom is 0.356 e. The Morgan fingerprint density at radius 1 is 1.27 bits per heavy atom. The Kier molecular flexibility index (Phi) is 3.85. The molecule has 0 atom stereocenters. The van der Waals surface area contributed by atoms with Gasteiger partial charge in [0.1, 0.15) is 0 Å². The molecule has 1 fully saturated rings. The maximum absolute atomic E-state index is 11.1. The number of benzene rings is 1. The number of carbonyl (C=O) groups is 1. The van der Waals surface area contributed by atoms with Gasteiger partial charge in [0, 0.05) is 31.4 Å². The van der Waals surface area contributed by atoms with Crippen LogP contribution in [-0.2, 0) is 11.8 Å². The number of carboxylic acids is 1. The molecule has 1 aromatic heterocycles. The largest absolute Gasteiger partial charge is 0.476 e. The van der Waals surface area contributed by atoms with Gasteiger partial charge < -0.3 is 14.7 Å². The van der Waals surface area contributed by atoms with E-state index in [1.54, 1.807) is 17.8 Å². The predicted octanol–water partition coefficient (Wildman–Crippen LogP) is 1.93. The first kappa shape index (κ1) is 14.6. The normalized spacial score (nSPS) is 15.1. The Balaban J connectivity index is 2.08. The van der Waals surface area contributed by atoms with Gasteiger partial charge in [-0.05, 0) is 24.6 Å². The van der Waals surface area contributed by atoms with Gasteiger partial charge in [0.05, 0.1) is 18.9 Å². The van der Waals surface area contributed by atoms with E-state index in [4.69, 9.17) is 9.84 Å². The number of aryl methyl sites for hydroxylation is 2. The Bertz CT molecular complexity index is 703. The molecular weight excluding hydrogens is 282 g/mol. The van der Waals surface area contributed by atoms with Crippen molar-refractivity contribution in [2.24, 2.45) is 7.05 Å².